The molecule has 0 aromatic heterocycles. The van der Waals surface area contributed by atoms with Gasteiger partial charge in [-0.3, -0.25) is 0 Å². The number of carbonyl (C=O) groups is 2. The number of fused-ring (bicyclic) bond motifs is 11. The molecule has 132 valence electrons. The van der Waals surface area contributed by atoms with Crippen LogP contribution in [0, 0.1) is 0 Å². The molecule has 24 heavy (non-hydrogen) atoms. The lowest BCUT2D eigenvalue weighted by atomic mass is 9.90. The Bertz CT molecular complexity index is 526. The molecular weight excluding hydrogens is 304 g/mol. The van der Waals surface area contributed by atoms with Gasteiger partial charge in [0.2, 0.25) is 0 Å². The summed E-state index contributed by atoms with van der Waals surface area (Å²) >= 11 is 0. The Kier molecular flexibility index (Phi) is 7.29. The van der Waals surface area contributed by atoms with Crippen molar-refractivity contribution in [2.45, 2.75) is 64.2 Å². The van der Waals surface area contributed by atoms with E-state index in [0.29, 0.717) is 11.1 Å². The lowest BCUT2D eigenvalue weighted by Gasteiger charge is -2.17. The standard InChI is InChI=1S/C20H28O4/c1-23-19(21)17-15-11-9-7-5-3-4-6-8-10-12-16(14-13-15)18(17)20(22)24-2/h13-14H,3-12H2,1-2H3. The molecule has 0 N–H and O–H groups in total. The van der Waals surface area contributed by atoms with Crippen LogP contribution < -0.4 is 0 Å². The van der Waals surface area contributed by atoms with Gasteiger partial charge in [-0.05, 0) is 36.8 Å². The Balaban J connectivity index is 2.47. The van der Waals surface area contributed by atoms with E-state index in [2.05, 4.69) is 0 Å². The van der Waals surface area contributed by atoms with Crippen LogP contribution in [0.5, 0.6) is 0 Å². The summed E-state index contributed by atoms with van der Waals surface area (Å²) in [6.07, 6.45) is 10.9. The topological polar surface area (TPSA) is 52.6 Å². The zero-order valence-corrected chi connectivity index (χ0v) is 14.9. The fourth-order valence-corrected chi connectivity index (χ4v) is 3.47. The first-order valence-corrected chi connectivity index (χ1v) is 9.00. The van der Waals surface area contributed by atoms with Crippen LogP contribution in [-0.4, -0.2) is 26.2 Å². The Hall–Kier alpha value is -1.84. The minimum Gasteiger partial charge on any atom is -0.465 e. The average molecular weight is 332 g/mol. The molecule has 4 nitrogen and oxygen atoms in total. The molecule has 4 heteroatoms. The maximum Gasteiger partial charge on any atom is 0.339 e. The van der Waals surface area contributed by atoms with Gasteiger partial charge in [0.25, 0.3) is 0 Å². The fraction of sp³-hybridized carbons (Fsp3) is 0.600. The summed E-state index contributed by atoms with van der Waals surface area (Å²) in [4.78, 5) is 24.7. The van der Waals surface area contributed by atoms with E-state index in [-0.39, 0.29) is 0 Å². The van der Waals surface area contributed by atoms with E-state index in [1.165, 1.54) is 39.9 Å². The van der Waals surface area contributed by atoms with Gasteiger partial charge in [0, 0.05) is 0 Å². The van der Waals surface area contributed by atoms with Gasteiger partial charge in [0.15, 0.2) is 0 Å². The van der Waals surface area contributed by atoms with Crippen LogP contribution in [0.4, 0.5) is 0 Å². The Morgan fingerprint density at radius 3 is 1.33 bits per heavy atom. The van der Waals surface area contributed by atoms with Crippen LogP contribution in [0.3, 0.4) is 0 Å². The van der Waals surface area contributed by atoms with Crippen molar-refractivity contribution in [3.8, 4) is 0 Å². The molecule has 2 aliphatic rings. The predicted molar refractivity (Wildman–Crippen MR) is 93.5 cm³/mol. The van der Waals surface area contributed by atoms with Gasteiger partial charge >= 0.3 is 11.9 Å². The van der Waals surface area contributed by atoms with E-state index in [1.807, 2.05) is 12.1 Å². The fourth-order valence-electron chi connectivity index (χ4n) is 3.47. The van der Waals surface area contributed by atoms with E-state index in [0.717, 1.165) is 49.7 Å². The SMILES string of the molecule is COC(=O)c1c2ccc(c1C(=O)OC)CCCCCCCCCC2. The number of ether oxygens (including phenoxy) is 2. The van der Waals surface area contributed by atoms with Crippen LogP contribution in [-0.2, 0) is 22.3 Å². The third-order valence-electron chi connectivity index (χ3n) is 4.80. The normalized spacial score (nSPS) is 16.2. The number of aryl methyl sites for hydroxylation is 2. The van der Waals surface area contributed by atoms with Crippen LogP contribution in [0.25, 0.3) is 0 Å². The van der Waals surface area contributed by atoms with E-state index in [9.17, 15) is 9.59 Å². The first-order valence-electron chi connectivity index (χ1n) is 9.00. The molecule has 1 aromatic carbocycles. The molecule has 0 heterocycles. The highest BCUT2D eigenvalue weighted by Gasteiger charge is 2.25. The first kappa shape index (κ1) is 18.5. The van der Waals surface area contributed by atoms with Gasteiger partial charge in [0.05, 0.1) is 25.3 Å². The lowest BCUT2D eigenvalue weighted by molar-refractivity contribution is 0.0553. The molecule has 0 radical (unpaired) electrons. The number of carbonyl (C=O) groups excluding carboxylic acids is 2. The molecular formula is C20H28O4. The van der Waals surface area contributed by atoms with Gasteiger partial charge in [-0.1, -0.05) is 50.7 Å². The van der Waals surface area contributed by atoms with Crippen LogP contribution in [0.1, 0.15) is 83.2 Å². The smallest absolute Gasteiger partial charge is 0.339 e. The van der Waals surface area contributed by atoms with Gasteiger partial charge in [-0.15, -0.1) is 0 Å². The zero-order chi connectivity index (χ0) is 17.4. The zero-order valence-electron chi connectivity index (χ0n) is 14.9. The molecule has 0 saturated heterocycles. The van der Waals surface area contributed by atoms with Crippen LogP contribution in [0.2, 0.25) is 0 Å². The van der Waals surface area contributed by atoms with E-state index >= 15 is 0 Å². The van der Waals surface area contributed by atoms with Gasteiger partial charge < -0.3 is 9.47 Å². The highest BCUT2D eigenvalue weighted by molar-refractivity contribution is 6.05. The summed E-state index contributed by atoms with van der Waals surface area (Å²) in [5.41, 5.74) is 2.59. The summed E-state index contributed by atoms with van der Waals surface area (Å²) in [5, 5.41) is 0. The van der Waals surface area contributed by atoms with Crippen LogP contribution >= 0.6 is 0 Å². The third-order valence-corrected chi connectivity index (χ3v) is 4.80. The number of esters is 2. The molecule has 3 rings (SSSR count). The Morgan fingerprint density at radius 1 is 0.667 bits per heavy atom. The number of rotatable bonds is 2. The van der Waals surface area contributed by atoms with E-state index < -0.39 is 11.9 Å². The molecule has 0 aliphatic heterocycles. The highest BCUT2D eigenvalue weighted by Crippen LogP contribution is 2.26. The molecule has 2 aliphatic carbocycles. The summed E-state index contributed by atoms with van der Waals surface area (Å²) in [6.45, 7) is 0. The number of benzene rings is 1. The predicted octanol–water partition coefficient (Wildman–Crippen LogP) is 4.48. The summed E-state index contributed by atoms with van der Waals surface area (Å²) in [5.74, 6) is -0.890. The number of hydrogen-bond acceptors (Lipinski definition) is 4. The van der Waals surface area contributed by atoms with Crippen molar-refractivity contribution < 1.29 is 19.1 Å². The van der Waals surface area contributed by atoms with Crippen LogP contribution in [0.15, 0.2) is 12.1 Å². The first-order chi connectivity index (χ1) is 11.7. The second-order valence-electron chi connectivity index (χ2n) is 6.45. The van der Waals surface area contributed by atoms with Crippen molar-refractivity contribution in [2.75, 3.05) is 14.2 Å². The van der Waals surface area contributed by atoms with Crippen molar-refractivity contribution in [3.63, 3.8) is 0 Å². The Morgan fingerprint density at radius 2 is 1.00 bits per heavy atom. The minimum atomic E-state index is -0.445. The monoisotopic (exact) mass is 332 g/mol. The molecule has 0 saturated carbocycles. The third kappa shape index (κ3) is 4.59. The van der Waals surface area contributed by atoms with Crippen molar-refractivity contribution in [1.82, 2.24) is 0 Å². The number of methoxy groups -OCH3 is 2. The largest absolute Gasteiger partial charge is 0.465 e. The minimum absolute atomic E-state index is 0.402. The molecule has 0 fully saturated rings. The van der Waals surface area contributed by atoms with Crippen molar-refractivity contribution in [3.05, 3.63) is 34.4 Å². The number of hydrogen-bond donors (Lipinski definition) is 0. The molecule has 2 bridgehead atoms. The molecule has 0 amide bonds. The molecule has 0 spiro atoms. The van der Waals surface area contributed by atoms with E-state index in [1.54, 1.807) is 0 Å². The maximum absolute atomic E-state index is 12.4. The summed E-state index contributed by atoms with van der Waals surface area (Å²) in [7, 11) is 2.72. The maximum atomic E-state index is 12.4. The quantitative estimate of drug-likeness (QED) is 0.749. The van der Waals surface area contributed by atoms with Crippen molar-refractivity contribution in [2.24, 2.45) is 0 Å². The molecule has 0 atom stereocenters. The second-order valence-corrected chi connectivity index (χ2v) is 6.45. The van der Waals surface area contributed by atoms with Gasteiger partial charge in [0.1, 0.15) is 0 Å². The van der Waals surface area contributed by atoms with E-state index in [4.69, 9.17) is 9.47 Å². The van der Waals surface area contributed by atoms with Gasteiger partial charge in [-0.2, -0.15) is 0 Å². The van der Waals surface area contributed by atoms with Crippen molar-refractivity contribution in [1.29, 1.82) is 0 Å². The molecule has 1 aromatic rings. The molecule has 0 unspecified atom stereocenters. The highest BCUT2D eigenvalue weighted by atomic mass is 16.5. The average Bonchev–Trinajstić information content (AvgIpc) is 2.61. The Labute approximate surface area is 144 Å². The second kappa shape index (κ2) is 9.45. The summed E-state index contributed by atoms with van der Waals surface area (Å²) in [6, 6.07) is 3.97. The van der Waals surface area contributed by atoms with Crippen molar-refractivity contribution >= 4 is 11.9 Å². The van der Waals surface area contributed by atoms with Gasteiger partial charge in [-0.25, -0.2) is 9.59 Å². The lowest BCUT2D eigenvalue weighted by Crippen LogP contribution is -2.17. The summed E-state index contributed by atoms with van der Waals surface area (Å²) < 4.78 is 9.93.